The molecule has 5 aromatic rings. The predicted octanol–water partition coefficient (Wildman–Crippen LogP) is 6.56. The smallest absolute Gasteiger partial charge is 0.138 e. The molecule has 0 saturated carbocycles. The molecule has 0 spiro atoms. The number of hydrogen-bond donors (Lipinski definition) is 2. The first-order valence-corrected chi connectivity index (χ1v) is 12.6. The van der Waals surface area contributed by atoms with E-state index in [-0.39, 0.29) is 0 Å². The Labute approximate surface area is 218 Å². The highest BCUT2D eigenvalue weighted by molar-refractivity contribution is 5.95. The summed E-state index contributed by atoms with van der Waals surface area (Å²) >= 11 is 0. The molecule has 0 radical (unpaired) electrons. The Balaban J connectivity index is 1.43. The first-order valence-electron chi connectivity index (χ1n) is 12.6. The summed E-state index contributed by atoms with van der Waals surface area (Å²) in [6, 6.07) is 21.2. The van der Waals surface area contributed by atoms with Crippen LogP contribution in [0.3, 0.4) is 0 Å². The van der Waals surface area contributed by atoms with E-state index < -0.39 is 0 Å². The molecule has 2 N–H and O–H groups in total. The SMILES string of the molecule is Cc1cccc(-c2cc(-c3cncc(-c4ccc(CC(=N)C[C@@H](C)N(C)C)cc4)c3)c3cc[nH]c3n2)n1. The fraction of sp³-hybridized carbons (Fsp3) is 0.226. The number of aryl methyl sites for hydroxylation is 1. The van der Waals surface area contributed by atoms with Gasteiger partial charge in [-0.1, -0.05) is 30.3 Å². The van der Waals surface area contributed by atoms with Crippen molar-refractivity contribution in [3.63, 3.8) is 0 Å². The number of H-pyrrole nitrogens is 1. The maximum atomic E-state index is 8.39. The third kappa shape index (κ3) is 5.49. The molecule has 6 heteroatoms. The zero-order chi connectivity index (χ0) is 25.9. The molecule has 1 atom stereocenters. The fourth-order valence-electron chi connectivity index (χ4n) is 4.51. The van der Waals surface area contributed by atoms with Crippen molar-refractivity contribution in [2.45, 2.75) is 32.7 Å². The topological polar surface area (TPSA) is 81.5 Å². The Hall–Kier alpha value is -4.16. The number of hydrogen-bond acceptors (Lipinski definition) is 5. The van der Waals surface area contributed by atoms with E-state index in [1.807, 2.05) is 43.7 Å². The molecule has 0 amide bonds. The molecule has 0 aliphatic rings. The Morgan fingerprint density at radius 1 is 0.919 bits per heavy atom. The van der Waals surface area contributed by atoms with Gasteiger partial charge in [-0.3, -0.25) is 9.97 Å². The number of fused-ring (bicyclic) bond motifs is 1. The first kappa shape index (κ1) is 24.5. The molecule has 4 heterocycles. The van der Waals surface area contributed by atoms with Gasteiger partial charge in [-0.25, -0.2) is 4.98 Å². The lowest BCUT2D eigenvalue weighted by Crippen LogP contribution is -2.27. The van der Waals surface area contributed by atoms with Gasteiger partial charge in [0, 0.05) is 65.4 Å². The zero-order valence-electron chi connectivity index (χ0n) is 21.8. The minimum Gasteiger partial charge on any atom is -0.346 e. The van der Waals surface area contributed by atoms with Crippen LogP contribution in [0.15, 0.2) is 79.3 Å². The lowest BCUT2D eigenvalue weighted by Gasteiger charge is -2.20. The summed E-state index contributed by atoms with van der Waals surface area (Å²) in [5.74, 6) is 0. The van der Waals surface area contributed by atoms with Crippen LogP contribution in [0.2, 0.25) is 0 Å². The number of aromatic nitrogens is 4. The largest absolute Gasteiger partial charge is 0.346 e. The van der Waals surface area contributed by atoms with E-state index in [1.54, 1.807) is 0 Å². The van der Waals surface area contributed by atoms with Crippen LogP contribution < -0.4 is 0 Å². The summed E-state index contributed by atoms with van der Waals surface area (Å²) in [4.78, 5) is 19.5. The van der Waals surface area contributed by atoms with Gasteiger partial charge in [-0.15, -0.1) is 0 Å². The average molecular weight is 489 g/mol. The van der Waals surface area contributed by atoms with Crippen molar-refractivity contribution in [2.75, 3.05) is 14.1 Å². The molecular weight excluding hydrogens is 456 g/mol. The van der Waals surface area contributed by atoms with Crippen molar-refractivity contribution < 1.29 is 0 Å². The van der Waals surface area contributed by atoms with Gasteiger partial charge >= 0.3 is 0 Å². The summed E-state index contributed by atoms with van der Waals surface area (Å²) in [5.41, 5.74) is 9.63. The van der Waals surface area contributed by atoms with Gasteiger partial charge in [0.1, 0.15) is 5.65 Å². The average Bonchev–Trinajstić information content (AvgIpc) is 3.37. The number of benzene rings is 1. The Morgan fingerprint density at radius 3 is 2.46 bits per heavy atom. The van der Waals surface area contributed by atoms with Crippen LogP contribution in [-0.2, 0) is 6.42 Å². The summed E-state index contributed by atoms with van der Waals surface area (Å²) in [6.07, 6.45) is 7.18. The molecule has 186 valence electrons. The number of aromatic amines is 1. The highest BCUT2D eigenvalue weighted by Crippen LogP contribution is 2.33. The van der Waals surface area contributed by atoms with Crippen molar-refractivity contribution in [3.8, 4) is 33.6 Å². The summed E-state index contributed by atoms with van der Waals surface area (Å²) in [6.45, 7) is 4.14. The van der Waals surface area contributed by atoms with Gasteiger partial charge in [0.2, 0.25) is 0 Å². The highest BCUT2D eigenvalue weighted by atomic mass is 15.1. The number of nitrogens with zero attached hydrogens (tertiary/aromatic N) is 4. The van der Waals surface area contributed by atoms with Crippen molar-refractivity contribution in [2.24, 2.45) is 0 Å². The second kappa shape index (κ2) is 10.4. The molecule has 0 aliphatic carbocycles. The van der Waals surface area contributed by atoms with Crippen molar-refractivity contribution in [1.29, 1.82) is 5.41 Å². The van der Waals surface area contributed by atoms with E-state index in [4.69, 9.17) is 10.4 Å². The highest BCUT2D eigenvalue weighted by Gasteiger charge is 2.13. The molecule has 0 fully saturated rings. The van der Waals surface area contributed by atoms with E-state index in [1.165, 1.54) is 0 Å². The van der Waals surface area contributed by atoms with Crippen molar-refractivity contribution in [1.82, 2.24) is 24.8 Å². The van der Waals surface area contributed by atoms with Crippen LogP contribution in [0.4, 0.5) is 0 Å². The van der Waals surface area contributed by atoms with Gasteiger partial charge in [0.25, 0.3) is 0 Å². The Bertz CT molecular complexity index is 1550. The summed E-state index contributed by atoms with van der Waals surface area (Å²) in [7, 11) is 4.12. The van der Waals surface area contributed by atoms with Gasteiger partial charge in [-0.2, -0.15) is 0 Å². The predicted molar refractivity (Wildman–Crippen MR) is 152 cm³/mol. The number of rotatable bonds is 8. The standard InChI is InChI=1S/C31H32N6/c1-20-6-5-7-29(35-20)30-17-28(27-12-13-34-31(27)36-30)25-16-24(18-33-19-25)23-10-8-22(9-11-23)15-26(32)14-21(2)37(3)4/h5-13,16-19,21,32H,14-15H2,1-4H3,(H,34,36)/t21-/m1/s1. The summed E-state index contributed by atoms with van der Waals surface area (Å²) < 4.78 is 0. The van der Waals surface area contributed by atoms with E-state index in [0.29, 0.717) is 12.5 Å². The molecule has 1 aromatic carbocycles. The monoisotopic (exact) mass is 488 g/mol. The van der Waals surface area contributed by atoms with Crippen molar-refractivity contribution in [3.05, 3.63) is 90.5 Å². The molecule has 4 aromatic heterocycles. The first-order chi connectivity index (χ1) is 17.9. The van der Waals surface area contributed by atoms with Gasteiger partial charge in [0.15, 0.2) is 0 Å². The van der Waals surface area contributed by atoms with Crippen LogP contribution in [-0.4, -0.2) is 50.7 Å². The van der Waals surface area contributed by atoms with E-state index in [0.717, 1.165) is 68.1 Å². The Morgan fingerprint density at radius 2 is 1.70 bits per heavy atom. The van der Waals surface area contributed by atoms with Crippen molar-refractivity contribution >= 4 is 16.7 Å². The maximum Gasteiger partial charge on any atom is 0.138 e. The fourth-order valence-corrected chi connectivity index (χ4v) is 4.51. The molecule has 37 heavy (non-hydrogen) atoms. The second-order valence-electron chi connectivity index (χ2n) is 9.92. The lowest BCUT2D eigenvalue weighted by atomic mass is 9.97. The van der Waals surface area contributed by atoms with E-state index in [2.05, 4.69) is 83.3 Å². The van der Waals surface area contributed by atoms with Gasteiger partial charge in [-0.05, 0) is 75.0 Å². The third-order valence-electron chi connectivity index (χ3n) is 6.86. The van der Waals surface area contributed by atoms with E-state index >= 15 is 0 Å². The quantitative estimate of drug-likeness (QED) is 0.242. The number of nitrogens with one attached hydrogen (secondary N) is 2. The van der Waals surface area contributed by atoms with Crippen LogP contribution in [0.5, 0.6) is 0 Å². The Kier molecular flexibility index (Phi) is 6.93. The number of pyridine rings is 3. The minimum atomic E-state index is 0.363. The minimum absolute atomic E-state index is 0.363. The molecule has 0 aliphatic heterocycles. The molecule has 5 rings (SSSR count). The molecule has 0 saturated heterocycles. The van der Waals surface area contributed by atoms with Crippen LogP contribution in [0, 0.1) is 12.3 Å². The molecular formula is C31H32N6. The molecule has 0 bridgehead atoms. The van der Waals surface area contributed by atoms with Crippen LogP contribution >= 0.6 is 0 Å². The zero-order valence-corrected chi connectivity index (χ0v) is 21.8. The second-order valence-corrected chi connectivity index (χ2v) is 9.92. The maximum absolute atomic E-state index is 8.39. The lowest BCUT2D eigenvalue weighted by molar-refractivity contribution is 0.320. The van der Waals surface area contributed by atoms with Crippen LogP contribution in [0.1, 0.15) is 24.6 Å². The van der Waals surface area contributed by atoms with E-state index in [9.17, 15) is 0 Å². The van der Waals surface area contributed by atoms with Gasteiger partial charge in [0.05, 0.1) is 11.4 Å². The molecule has 0 unspecified atom stereocenters. The summed E-state index contributed by atoms with van der Waals surface area (Å²) in [5, 5.41) is 9.44. The normalized spacial score (nSPS) is 12.2. The molecule has 6 nitrogen and oxygen atoms in total. The van der Waals surface area contributed by atoms with Gasteiger partial charge < -0.3 is 15.3 Å². The van der Waals surface area contributed by atoms with Crippen LogP contribution in [0.25, 0.3) is 44.7 Å². The third-order valence-corrected chi connectivity index (χ3v) is 6.86.